The molecule has 1 fully saturated rings. The van der Waals surface area contributed by atoms with Crippen molar-refractivity contribution in [3.63, 3.8) is 0 Å². The van der Waals surface area contributed by atoms with Crippen molar-refractivity contribution in [2.75, 3.05) is 39.3 Å². The van der Waals surface area contributed by atoms with Crippen molar-refractivity contribution in [2.24, 2.45) is 0 Å². The topological polar surface area (TPSA) is 26.7 Å². The van der Waals surface area contributed by atoms with Crippen LogP contribution in [0.2, 0.25) is 0 Å². The molecule has 3 heteroatoms. The highest BCUT2D eigenvalue weighted by molar-refractivity contribution is 4.75. The highest BCUT2D eigenvalue weighted by Gasteiger charge is 2.19. The van der Waals surface area contributed by atoms with Crippen molar-refractivity contribution in [2.45, 2.75) is 32.7 Å². The normalized spacial score (nSPS) is 22.5. The molecule has 0 spiro atoms. The Kier molecular flexibility index (Phi) is 5.45. The lowest BCUT2D eigenvalue weighted by Crippen LogP contribution is -2.49. The summed E-state index contributed by atoms with van der Waals surface area (Å²) >= 11 is 0. The first kappa shape index (κ1) is 12.0. The lowest BCUT2D eigenvalue weighted by Gasteiger charge is -2.37. The molecule has 1 N–H and O–H groups in total. The number of hydrogen-bond donors (Lipinski definition) is 1. The molecule has 1 saturated heterocycles. The number of piperazine rings is 1. The van der Waals surface area contributed by atoms with Gasteiger partial charge in [0.25, 0.3) is 0 Å². The van der Waals surface area contributed by atoms with Crippen LogP contribution in [0.1, 0.15) is 26.7 Å². The molecule has 1 aliphatic rings. The Morgan fingerprint density at radius 3 is 2.36 bits per heavy atom. The number of hydrogen-bond acceptors (Lipinski definition) is 3. The maximum absolute atomic E-state index is 8.74. The van der Waals surface area contributed by atoms with E-state index in [2.05, 4.69) is 23.6 Å². The molecule has 0 bridgehead atoms. The molecule has 1 unspecified atom stereocenters. The number of aliphatic hydroxyl groups is 1. The predicted octanol–water partition coefficient (Wildman–Crippen LogP) is 0.785. The Hall–Kier alpha value is -0.120. The summed E-state index contributed by atoms with van der Waals surface area (Å²) < 4.78 is 0. The summed E-state index contributed by atoms with van der Waals surface area (Å²) in [5.74, 6) is 0. The van der Waals surface area contributed by atoms with Gasteiger partial charge in [-0.2, -0.15) is 0 Å². The van der Waals surface area contributed by atoms with Gasteiger partial charge in [0.1, 0.15) is 0 Å². The molecule has 1 aliphatic heterocycles. The molecular formula is C11H24N2O. The lowest BCUT2D eigenvalue weighted by molar-refractivity contribution is 0.0958. The van der Waals surface area contributed by atoms with Crippen LogP contribution in [0, 0.1) is 0 Å². The van der Waals surface area contributed by atoms with Gasteiger partial charge >= 0.3 is 0 Å². The highest BCUT2D eigenvalue weighted by Crippen LogP contribution is 2.08. The van der Waals surface area contributed by atoms with Crippen molar-refractivity contribution < 1.29 is 5.11 Å². The monoisotopic (exact) mass is 200 g/mol. The summed E-state index contributed by atoms with van der Waals surface area (Å²) in [6.07, 6.45) is 2.17. The first-order valence-corrected chi connectivity index (χ1v) is 5.85. The van der Waals surface area contributed by atoms with Crippen molar-refractivity contribution >= 4 is 0 Å². The molecule has 0 aromatic rings. The minimum Gasteiger partial charge on any atom is -0.396 e. The first-order valence-electron chi connectivity index (χ1n) is 5.85. The Balaban J connectivity index is 2.17. The minimum absolute atomic E-state index is 0.325. The molecule has 0 amide bonds. The maximum Gasteiger partial charge on any atom is 0.0443 e. The second-order valence-electron chi connectivity index (χ2n) is 4.21. The van der Waals surface area contributed by atoms with Crippen LogP contribution in [-0.2, 0) is 0 Å². The molecule has 1 atom stereocenters. The molecule has 0 aromatic heterocycles. The van der Waals surface area contributed by atoms with Gasteiger partial charge in [0.05, 0.1) is 0 Å². The van der Waals surface area contributed by atoms with E-state index in [1.807, 2.05) is 0 Å². The van der Waals surface area contributed by atoms with Gasteiger partial charge in [-0.05, 0) is 19.8 Å². The minimum atomic E-state index is 0.325. The average Bonchev–Trinajstić information content (AvgIpc) is 2.26. The van der Waals surface area contributed by atoms with E-state index in [4.69, 9.17) is 5.11 Å². The van der Waals surface area contributed by atoms with Crippen molar-refractivity contribution in [3.05, 3.63) is 0 Å². The molecule has 1 rings (SSSR count). The second kappa shape index (κ2) is 6.38. The Bertz CT molecular complexity index is 144. The van der Waals surface area contributed by atoms with E-state index in [0.717, 1.165) is 19.0 Å². The summed E-state index contributed by atoms with van der Waals surface area (Å²) in [4.78, 5) is 5.02. The fourth-order valence-corrected chi connectivity index (χ4v) is 1.98. The van der Waals surface area contributed by atoms with Crippen molar-refractivity contribution in [1.82, 2.24) is 9.80 Å². The molecule has 0 aromatic carbocycles. The van der Waals surface area contributed by atoms with Crippen LogP contribution < -0.4 is 0 Å². The van der Waals surface area contributed by atoms with E-state index in [1.165, 1.54) is 32.6 Å². The van der Waals surface area contributed by atoms with Gasteiger partial charge in [-0.15, -0.1) is 0 Å². The van der Waals surface area contributed by atoms with Crippen LogP contribution in [0.4, 0.5) is 0 Å². The van der Waals surface area contributed by atoms with Crippen LogP contribution in [0.3, 0.4) is 0 Å². The van der Waals surface area contributed by atoms with E-state index < -0.39 is 0 Å². The third-order valence-electron chi connectivity index (χ3n) is 3.25. The quantitative estimate of drug-likeness (QED) is 0.710. The van der Waals surface area contributed by atoms with E-state index in [0.29, 0.717) is 6.61 Å². The van der Waals surface area contributed by atoms with E-state index in [9.17, 15) is 0 Å². The van der Waals surface area contributed by atoms with Crippen LogP contribution >= 0.6 is 0 Å². The zero-order chi connectivity index (χ0) is 10.4. The zero-order valence-electron chi connectivity index (χ0n) is 9.58. The van der Waals surface area contributed by atoms with Gasteiger partial charge in [-0.25, -0.2) is 0 Å². The number of nitrogens with zero attached hydrogens (tertiary/aromatic N) is 2. The summed E-state index contributed by atoms with van der Waals surface area (Å²) in [5, 5.41) is 8.74. The molecule has 3 nitrogen and oxygen atoms in total. The molecule has 0 saturated carbocycles. The van der Waals surface area contributed by atoms with E-state index in [1.54, 1.807) is 0 Å². The molecule has 1 heterocycles. The van der Waals surface area contributed by atoms with Gasteiger partial charge in [0.15, 0.2) is 0 Å². The van der Waals surface area contributed by atoms with Crippen LogP contribution in [0.5, 0.6) is 0 Å². The predicted molar refractivity (Wildman–Crippen MR) is 59.5 cm³/mol. The van der Waals surface area contributed by atoms with E-state index >= 15 is 0 Å². The van der Waals surface area contributed by atoms with Gasteiger partial charge in [-0.3, -0.25) is 4.90 Å². The molecular weight excluding hydrogens is 176 g/mol. The maximum atomic E-state index is 8.74. The zero-order valence-corrected chi connectivity index (χ0v) is 9.58. The Labute approximate surface area is 87.7 Å². The summed E-state index contributed by atoms with van der Waals surface area (Å²) in [7, 11) is 0. The Morgan fingerprint density at radius 1 is 1.21 bits per heavy atom. The van der Waals surface area contributed by atoms with Gasteiger partial charge in [0.2, 0.25) is 0 Å². The van der Waals surface area contributed by atoms with Gasteiger partial charge < -0.3 is 10.0 Å². The highest BCUT2D eigenvalue weighted by atomic mass is 16.3. The third-order valence-corrected chi connectivity index (χ3v) is 3.25. The number of aliphatic hydroxyl groups excluding tert-OH is 1. The van der Waals surface area contributed by atoms with Crippen LogP contribution in [0.25, 0.3) is 0 Å². The lowest BCUT2D eigenvalue weighted by atomic mass is 10.2. The second-order valence-corrected chi connectivity index (χ2v) is 4.21. The Morgan fingerprint density at radius 2 is 1.86 bits per heavy atom. The van der Waals surface area contributed by atoms with Gasteiger partial charge in [0, 0.05) is 45.4 Å². The molecule has 0 radical (unpaired) electrons. The fourth-order valence-electron chi connectivity index (χ4n) is 1.98. The van der Waals surface area contributed by atoms with Gasteiger partial charge in [-0.1, -0.05) is 6.92 Å². The SMILES string of the molecule is CCC(C)N1CCN(CCCO)CC1. The van der Waals surface area contributed by atoms with Crippen LogP contribution in [-0.4, -0.2) is 60.3 Å². The standard InChI is InChI=1S/C11H24N2O/c1-3-11(2)13-8-6-12(7-9-13)5-4-10-14/h11,14H,3-10H2,1-2H3. The van der Waals surface area contributed by atoms with Crippen molar-refractivity contribution in [3.8, 4) is 0 Å². The summed E-state index contributed by atoms with van der Waals surface area (Å²) in [5.41, 5.74) is 0. The fraction of sp³-hybridized carbons (Fsp3) is 1.00. The third kappa shape index (κ3) is 3.56. The molecule has 84 valence electrons. The smallest absolute Gasteiger partial charge is 0.0443 e. The van der Waals surface area contributed by atoms with Crippen LogP contribution in [0.15, 0.2) is 0 Å². The largest absolute Gasteiger partial charge is 0.396 e. The first-order chi connectivity index (χ1) is 6.77. The van der Waals surface area contributed by atoms with E-state index in [-0.39, 0.29) is 0 Å². The average molecular weight is 200 g/mol. The molecule has 0 aliphatic carbocycles. The molecule has 14 heavy (non-hydrogen) atoms. The number of rotatable bonds is 5. The van der Waals surface area contributed by atoms with Crippen molar-refractivity contribution in [1.29, 1.82) is 0 Å². The summed E-state index contributed by atoms with van der Waals surface area (Å²) in [6, 6.07) is 0.731. The summed E-state index contributed by atoms with van der Waals surface area (Å²) in [6.45, 7) is 10.7.